The van der Waals surface area contributed by atoms with Gasteiger partial charge >= 0.3 is 5.97 Å². The number of hydrogen-bond acceptors (Lipinski definition) is 3. The van der Waals surface area contributed by atoms with E-state index in [-0.39, 0.29) is 24.6 Å². The van der Waals surface area contributed by atoms with Crippen LogP contribution in [0.25, 0.3) is 0 Å². The molecular formula is C23H38O3. The van der Waals surface area contributed by atoms with Gasteiger partial charge < -0.3 is 9.84 Å². The molecule has 3 heteroatoms. The zero-order valence-corrected chi connectivity index (χ0v) is 17.7. The van der Waals surface area contributed by atoms with E-state index in [2.05, 4.69) is 52.8 Å². The fourth-order valence-electron chi connectivity index (χ4n) is 3.50. The number of carbonyl (C=O) groups excluding carboxylic acids is 1. The molecule has 0 aromatic carbocycles. The fourth-order valence-corrected chi connectivity index (χ4v) is 3.50. The van der Waals surface area contributed by atoms with Crippen LogP contribution in [0.3, 0.4) is 0 Å². The second kappa shape index (κ2) is 10.1. The molecule has 1 aliphatic carbocycles. The number of ether oxygens (including phenoxy) is 1. The minimum atomic E-state index is -0.526. The van der Waals surface area contributed by atoms with Gasteiger partial charge in [0.25, 0.3) is 0 Å². The number of carbonyl (C=O) groups is 1. The molecule has 1 atom stereocenters. The number of aliphatic hydroxyl groups excluding tert-OH is 1. The maximum atomic E-state index is 12.5. The zero-order chi connectivity index (χ0) is 19.8. The van der Waals surface area contributed by atoms with Gasteiger partial charge in [0, 0.05) is 0 Å². The van der Waals surface area contributed by atoms with Crippen molar-refractivity contribution in [1.82, 2.24) is 0 Å². The Kier molecular flexibility index (Phi) is 8.82. The lowest BCUT2D eigenvalue weighted by Crippen LogP contribution is -2.45. The SMILES string of the molecule is CC(C)=CCC/C(C)=C/CCC1=CC[C@](C)(C(=O)OCCO)C(C)(C)C1. The Labute approximate surface area is 160 Å². The lowest BCUT2D eigenvalue weighted by atomic mass is 9.59. The summed E-state index contributed by atoms with van der Waals surface area (Å²) in [5.41, 5.74) is 3.60. The molecule has 0 spiro atoms. The predicted octanol–water partition coefficient (Wildman–Crippen LogP) is 5.75. The summed E-state index contributed by atoms with van der Waals surface area (Å²) in [5, 5.41) is 8.89. The molecule has 1 N–H and O–H groups in total. The molecule has 26 heavy (non-hydrogen) atoms. The van der Waals surface area contributed by atoms with Crippen LogP contribution in [0.5, 0.6) is 0 Å². The molecule has 0 radical (unpaired) electrons. The topological polar surface area (TPSA) is 46.5 Å². The van der Waals surface area contributed by atoms with Gasteiger partial charge in [-0.3, -0.25) is 4.79 Å². The van der Waals surface area contributed by atoms with Gasteiger partial charge in [0.1, 0.15) is 6.61 Å². The molecule has 0 saturated heterocycles. The van der Waals surface area contributed by atoms with Crippen molar-refractivity contribution >= 4 is 5.97 Å². The van der Waals surface area contributed by atoms with Crippen LogP contribution in [-0.4, -0.2) is 24.3 Å². The molecule has 0 aromatic rings. The second-order valence-electron chi connectivity index (χ2n) is 8.73. The molecule has 0 unspecified atom stereocenters. The normalized spacial score (nSPS) is 22.6. The molecular weight excluding hydrogens is 324 g/mol. The van der Waals surface area contributed by atoms with E-state index in [1.165, 1.54) is 16.7 Å². The maximum absolute atomic E-state index is 12.5. The van der Waals surface area contributed by atoms with Gasteiger partial charge in [0.05, 0.1) is 12.0 Å². The first-order valence-electron chi connectivity index (χ1n) is 9.87. The molecule has 0 fully saturated rings. The van der Waals surface area contributed by atoms with Gasteiger partial charge in [-0.2, -0.15) is 0 Å². The molecule has 0 bridgehead atoms. The van der Waals surface area contributed by atoms with Gasteiger partial charge in [-0.05, 0) is 71.6 Å². The highest BCUT2D eigenvalue weighted by atomic mass is 16.5. The first-order chi connectivity index (χ1) is 12.1. The highest BCUT2D eigenvalue weighted by molar-refractivity contribution is 5.78. The number of allylic oxidation sites excluding steroid dienone is 6. The van der Waals surface area contributed by atoms with Crippen molar-refractivity contribution in [1.29, 1.82) is 0 Å². The summed E-state index contributed by atoms with van der Waals surface area (Å²) in [6.45, 7) is 12.8. The standard InChI is InChI=1S/C23H38O3/c1-18(2)9-7-10-19(3)11-8-12-20-13-14-23(6,22(4,5)17-20)21(25)26-16-15-24/h9,11,13,24H,7-8,10,12,14-17H2,1-6H3/b19-11+/t23-/m1/s1. The third kappa shape index (κ3) is 6.42. The number of aliphatic hydroxyl groups is 1. The second-order valence-corrected chi connectivity index (χ2v) is 8.73. The average molecular weight is 363 g/mol. The molecule has 0 saturated carbocycles. The molecule has 148 valence electrons. The average Bonchev–Trinajstić information content (AvgIpc) is 2.55. The van der Waals surface area contributed by atoms with Crippen molar-refractivity contribution in [3.63, 3.8) is 0 Å². The Balaban J connectivity index is 2.61. The highest BCUT2D eigenvalue weighted by Crippen LogP contribution is 2.51. The Bertz CT molecular complexity index is 562. The van der Waals surface area contributed by atoms with E-state index in [1.807, 2.05) is 6.92 Å². The van der Waals surface area contributed by atoms with Crippen LogP contribution in [0.15, 0.2) is 34.9 Å². The lowest BCUT2D eigenvalue weighted by Gasteiger charge is -2.45. The van der Waals surface area contributed by atoms with E-state index in [1.54, 1.807) is 0 Å². The molecule has 0 heterocycles. The Morgan fingerprint density at radius 1 is 1.19 bits per heavy atom. The van der Waals surface area contributed by atoms with E-state index < -0.39 is 5.41 Å². The summed E-state index contributed by atoms with van der Waals surface area (Å²) >= 11 is 0. The summed E-state index contributed by atoms with van der Waals surface area (Å²) in [4.78, 5) is 12.5. The third-order valence-electron chi connectivity index (χ3n) is 5.79. The van der Waals surface area contributed by atoms with Crippen LogP contribution < -0.4 is 0 Å². The van der Waals surface area contributed by atoms with Crippen LogP contribution in [0.1, 0.15) is 80.1 Å². The quantitative estimate of drug-likeness (QED) is 0.420. The summed E-state index contributed by atoms with van der Waals surface area (Å²) in [5.74, 6) is -0.193. The summed E-state index contributed by atoms with van der Waals surface area (Å²) in [6.07, 6.45) is 12.9. The van der Waals surface area contributed by atoms with Gasteiger partial charge in [-0.15, -0.1) is 0 Å². The van der Waals surface area contributed by atoms with Crippen molar-refractivity contribution in [2.75, 3.05) is 13.2 Å². The smallest absolute Gasteiger partial charge is 0.312 e. The van der Waals surface area contributed by atoms with Crippen molar-refractivity contribution in [3.05, 3.63) is 34.9 Å². The van der Waals surface area contributed by atoms with Crippen LogP contribution >= 0.6 is 0 Å². The van der Waals surface area contributed by atoms with Gasteiger partial charge in [0.2, 0.25) is 0 Å². The van der Waals surface area contributed by atoms with Crippen LogP contribution in [0.2, 0.25) is 0 Å². The molecule has 1 aliphatic rings. The van der Waals surface area contributed by atoms with Crippen molar-refractivity contribution < 1.29 is 14.6 Å². The Hall–Kier alpha value is -1.35. The highest BCUT2D eigenvalue weighted by Gasteiger charge is 2.49. The first-order valence-corrected chi connectivity index (χ1v) is 9.87. The molecule has 3 nitrogen and oxygen atoms in total. The Morgan fingerprint density at radius 2 is 1.88 bits per heavy atom. The van der Waals surface area contributed by atoms with E-state index in [0.29, 0.717) is 6.42 Å². The maximum Gasteiger partial charge on any atom is 0.312 e. The summed E-state index contributed by atoms with van der Waals surface area (Å²) < 4.78 is 5.24. The van der Waals surface area contributed by atoms with Crippen molar-refractivity contribution in [3.8, 4) is 0 Å². The fraction of sp³-hybridized carbons (Fsp3) is 0.696. The lowest BCUT2D eigenvalue weighted by molar-refractivity contribution is -0.164. The predicted molar refractivity (Wildman–Crippen MR) is 109 cm³/mol. The molecule has 0 aliphatic heterocycles. The summed E-state index contributed by atoms with van der Waals surface area (Å²) in [7, 11) is 0. The minimum Gasteiger partial charge on any atom is -0.463 e. The number of rotatable bonds is 9. The van der Waals surface area contributed by atoms with Crippen LogP contribution in [-0.2, 0) is 9.53 Å². The molecule has 0 amide bonds. The van der Waals surface area contributed by atoms with Crippen LogP contribution in [0.4, 0.5) is 0 Å². The number of esters is 1. The minimum absolute atomic E-state index is 0.0812. The zero-order valence-electron chi connectivity index (χ0n) is 17.7. The van der Waals surface area contributed by atoms with Crippen molar-refractivity contribution in [2.45, 2.75) is 80.1 Å². The largest absolute Gasteiger partial charge is 0.463 e. The first kappa shape index (κ1) is 22.7. The molecule has 0 aromatic heterocycles. The van der Waals surface area contributed by atoms with E-state index in [9.17, 15) is 4.79 Å². The van der Waals surface area contributed by atoms with Crippen molar-refractivity contribution in [2.24, 2.45) is 10.8 Å². The van der Waals surface area contributed by atoms with Crippen LogP contribution in [0, 0.1) is 10.8 Å². The third-order valence-corrected chi connectivity index (χ3v) is 5.79. The van der Waals surface area contributed by atoms with Gasteiger partial charge in [-0.1, -0.05) is 48.8 Å². The van der Waals surface area contributed by atoms with E-state index >= 15 is 0 Å². The number of hydrogen-bond donors (Lipinski definition) is 1. The van der Waals surface area contributed by atoms with Gasteiger partial charge in [0.15, 0.2) is 0 Å². The van der Waals surface area contributed by atoms with Gasteiger partial charge in [-0.25, -0.2) is 0 Å². The van der Waals surface area contributed by atoms with E-state index in [0.717, 1.165) is 32.1 Å². The molecule has 1 rings (SSSR count). The van der Waals surface area contributed by atoms with E-state index in [4.69, 9.17) is 9.84 Å². The Morgan fingerprint density at radius 3 is 2.46 bits per heavy atom. The summed E-state index contributed by atoms with van der Waals surface area (Å²) in [6, 6.07) is 0. The monoisotopic (exact) mass is 362 g/mol.